The molecule has 0 spiro atoms. The molecule has 1 aromatic heterocycles. The predicted molar refractivity (Wildman–Crippen MR) is 79.7 cm³/mol. The molecule has 0 aliphatic rings. The molecule has 3 N–H and O–H groups in total. The summed E-state index contributed by atoms with van der Waals surface area (Å²) in [5, 5.41) is 12.8. The first-order valence-electron chi connectivity index (χ1n) is 5.48. The van der Waals surface area contributed by atoms with Gasteiger partial charge in [-0.2, -0.15) is 0 Å². The van der Waals surface area contributed by atoms with Gasteiger partial charge < -0.3 is 10.9 Å². The van der Waals surface area contributed by atoms with E-state index in [0.29, 0.717) is 5.56 Å². The second kappa shape index (κ2) is 6.08. The lowest BCUT2D eigenvalue weighted by molar-refractivity contribution is 0.318. The molecule has 2 aromatic rings. The maximum atomic E-state index is 8.85. The zero-order valence-corrected chi connectivity index (χ0v) is 12.6. The first-order chi connectivity index (χ1) is 9.11. The molecular weight excluding hydrogens is 326 g/mol. The van der Waals surface area contributed by atoms with Crippen molar-refractivity contribution < 1.29 is 5.21 Å². The fourth-order valence-corrected chi connectivity index (χ4v) is 2.93. The molecule has 0 aliphatic heterocycles. The van der Waals surface area contributed by atoms with E-state index in [1.165, 1.54) is 11.8 Å². The Kier molecular flexibility index (Phi) is 4.44. The summed E-state index contributed by atoms with van der Waals surface area (Å²) in [5.74, 6) is 0.0956. The number of amidine groups is 1. The Morgan fingerprint density at radius 1 is 1.42 bits per heavy atom. The van der Waals surface area contributed by atoms with E-state index in [4.69, 9.17) is 10.9 Å². The molecule has 0 fully saturated rings. The number of aryl methyl sites for hydroxylation is 1. The Bertz CT molecular complexity index is 631. The van der Waals surface area contributed by atoms with Crippen LogP contribution >= 0.6 is 27.7 Å². The van der Waals surface area contributed by atoms with Crippen molar-refractivity contribution in [1.29, 1.82) is 0 Å². The quantitative estimate of drug-likeness (QED) is 0.389. The standard InChI is InChI=1S/C13H12BrN3OS/c1-8-4-5-11(9(7-8)12(15)17-18)19-13-10(14)3-2-6-16-13/h2-7,18H,1H3,(H2,15,17). The number of nitrogens with two attached hydrogens (primary N) is 1. The second-order valence-electron chi connectivity index (χ2n) is 3.88. The average Bonchev–Trinajstić information content (AvgIpc) is 2.42. The number of nitrogens with zero attached hydrogens (tertiary/aromatic N) is 2. The van der Waals surface area contributed by atoms with Gasteiger partial charge in [-0.15, -0.1) is 0 Å². The number of rotatable bonds is 3. The Labute approximate surface area is 123 Å². The van der Waals surface area contributed by atoms with Crippen molar-refractivity contribution in [3.8, 4) is 0 Å². The first-order valence-corrected chi connectivity index (χ1v) is 7.09. The lowest BCUT2D eigenvalue weighted by Gasteiger charge is -2.09. The van der Waals surface area contributed by atoms with Crippen LogP contribution in [0.15, 0.2) is 56.1 Å². The molecule has 0 bridgehead atoms. The van der Waals surface area contributed by atoms with E-state index in [1.54, 1.807) is 6.20 Å². The van der Waals surface area contributed by atoms with E-state index in [0.717, 1.165) is 20.0 Å². The molecule has 1 aromatic carbocycles. The largest absolute Gasteiger partial charge is 0.409 e. The molecule has 6 heteroatoms. The van der Waals surface area contributed by atoms with Gasteiger partial charge in [0.15, 0.2) is 5.84 Å². The summed E-state index contributed by atoms with van der Waals surface area (Å²) in [6.07, 6.45) is 1.73. The molecule has 0 saturated heterocycles. The van der Waals surface area contributed by atoms with Crippen molar-refractivity contribution in [3.63, 3.8) is 0 Å². The predicted octanol–water partition coefficient (Wildman–Crippen LogP) is 3.40. The highest BCUT2D eigenvalue weighted by Crippen LogP contribution is 2.33. The lowest BCUT2D eigenvalue weighted by atomic mass is 10.1. The van der Waals surface area contributed by atoms with Crippen LogP contribution in [0, 0.1) is 6.92 Å². The van der Waals surface area contributed by atoms with Crippen molar-refractivity contribution >= 4 is 33.5 Å². The van der Waals surface area contributed by atoms with Gasteiger partial charge >= 0.3 is 0 Å². The van der Waals surface area contributed by atoms with Crippen LogP contribution in [0.4, 0.5) is 0 Å². The van der Waals surface area contributed by atoms with Crippen LogP contribution in [0.5, 0.6) is 0 Å². The van der Waals surface area contributed by atoms with Crippen LogP contribution in [0.3, 0.4) is 0 Å². The molecule has 0 radical (unpaired) electrons. The van der Waals surface area contributed by atoms with Gasteiger partial charge in [-0.3, -0.25) is 0 Å². The third kappa shape index (κ3) is 3.27. The zero-order valence-electron chi connectivity index (χ0n) is 10.2. The van der Waals surface area contributed by atoms with Gasteiger partial charge in [-0.1, -0.05) is 28.5 Å². The van der Waals surface area contributed by atoms with Crippen molar-refractivity contribution in [2.24, 2.45) is 10.9 Å². The molecule has 19 heavy (non-hydrogen) atoms. The lowest BCUT2D eigenvalue weighted by Crippen LogP contribution is -2.14. The number of oxime groups is 1. The second-order valence-corrected chi connectivity index (χ2v) is 5.76. The minimum Gasteiger partial charge on any atom is -0.409 e. The van der Waals surface area contributed by atoms with Crippen LogP contribution in [0.1, 0.15) is 11.1 Å². The molecule has 0 unspecified atom stereocenters. The fraction of sp³-hybridized carbons (Fsp3) is 0.0769. The van der Waals surface area contributed by atoms with Crippen molar-refractivity contribution in [2.75, 3.05) is 0 Å². The SMILES string of the molecule is Cc1ccc(Sc2ncccc2Br)c(/C(N)=N/O)c1. The molecule has 4 nitrogen and oxygen atoms in total. The van der Waals surface area contributed by atoms with Gasteiger partial charge in [0.1, 0.15) is 5.03 Å². The summed E-state index contributed by atoms with van der Waals surface area (Å²) < 4.78 is 0.908. The van der Waals surface area contributed by atoms with Gasteiger partial charge in [0.05, 0.1) is 4.47 Å². The Balaban J connectivity index is 2.43. The smallest absolute Gasteiger partial charge is 0.171 e. The number of benzene rings is 1. The molecule has 0 atom stereocenters. The van der Waals surface area contributed by atoms with Gasteiger partial charge in [0, 0.05) is 16.7 Å². The Hall–Kier alpha value is -1.53. The van der Waals surface area contributed by atoms with E-state index < -0.39 is 0 Å². The van der Waals surface area contributed by atoms with Crippen LogP contribution in [-0.2, 0) is 0 Å². The van der Waals surface area contributed by atoms with E-state index >= 15 is 0 Å². The van der Waals surface area contributed by atoms with Gasteiger partial charge in [-0.25, -0.2) is 4.98 Å². The normalized spacial score (nSPS) is 11.6. The average molecular weight is 338 g/mol. The molecule has 0 amide bonds. The van der Waals surface area contributed by atoms with Gasteiger partial charge in [-0.05, 0) is 47.1 Å². The Morgan fingerprint density at radius 2 is 2.21 bits per heavy atom. The molecule has 2 rings (SSSR count). The van der Waals surface area contributed by atoms with Crippen LogP contribution in [0.2, 0.25) is 0 Å². The van der Waals surface area contributed by atoms with Crippen molar-refractivity contribution in [2.45, 2.75) is 16.8 Å². The summed E-state index contributed by atoms with van der Waals surface area (Å²) in [6.45, 7) is 1.96. The number of halogens is 1. The van der Waals surface area contributed by atoms with Gasteiger partial charge in [0.2, 0.25) is 0 Å². The maximum Gasteiger partial charge on any atom is 0.171 e. The summed E-state index contributed by atoms with van der Waals surface area (Å²) in [7, 11) is 0. The molecule has 0 saturated carbocycles. The number of hydrogen-bond donors (Lipinski definition) is 2. The molecule has 98 valence electrons. The summed E-state index contributed by atoms with van der Waals surface area (Å²) in [4.78, 5) is 5.18. The number of aromatic nitrogens is 1. The molecule has 1 heterocycles. The monoisotopic (exact) mass is 337 g/mol. The van der Waals surface area contributed by atoms with Gasteiger partial charge in [0.25, 0.3) is 0 Å². The summed E-state index contributed by atoms with van der Waals surface area (Å²) in [5.41, 5.74) is 7.46. The van der Waals surface area contributed by atoms with Crippen LogP contribution < -0.4 is 5.73 Å². The summed E-state index contributed by atoms with van der Waals surface area (Å²) in [6, 6.07) is 9.58. The highest BCUT2D eigenvalue weighted by Gasteiger charge is 2.11. The highest BCUT2D eigenvalue weighted by atomic mass is 79.9. The van der Waals surface area contributed by atoms with E-state index in [2.05, 4.69) is 26.1 Å². The number of hydrogen-bond acceptors (Lipinski definition) is 4. The summed E-state index contributed by atoms with van der Waals surface area (Å²) >= 11 is 4.92. The first kappa shape index (κ1) is 13.9. The third-order valence-electron chi connectivity index (χ3n) is 2.45. The van der Waals surface area contributed by atoms with Crippen molar-refractivity contribution in [3.05, 3.63) is 52.1 Å². The maximum absolute atomic E-state index is 8.85. The number of pyridine rings is 1. The third-order valence-corrected chi connectivity index (χ3v) is 4.45. The fourth-order valence-electron chi connectivity index (χ4n) is 1.54. The Morgan fingerprint density at radius 3 is 2.89 bits per heavy atom. The van der Waals surface area contributed by atoms with Crippen molar-refractivity contribution in [1.82, 2.24) is 4.98 Å². The van der Waals surface area contributed by atoms with Crippen LogP contribution in [0.25, 0.3) is 0 Å². The molecular formula is C13H12BrN3OS. The van der Waals surface area contributed by atoms with E-state index in [1.807, 2.05) is 37.3 Å². The minimum absolute atomic E-state index is 0.0956. The van der Waals surface area contributed by atoms with E-state index in [9.17, 15) is 0 Å². The molecule has 0 aliphatic carbocycles. The van der Waals surface area contributed by atoms with E-state index in [-0.39, 0.29) is 5.84 Å². The highest BCUT2D eigenvalue weighted by molar-refractivity contribution is 9.10. The zero-order chi connectivity index (χ0) is 13.8. The van der Waals surface area contributed by atoms with Crippen LogP contribution in [-0.4, -0.2) is 16.0 Å². The minimum atomic E-state index is 0.0956. The topological polar surface area (TPSA) is 71.5 Å².